The molecule has 1 saturated carbocycles. The first-order valence-electron chi connectivity index (χ1n) is 6.76. The second kappa shape index (κ2) is 4.70. The Kier molecular flexibility index (Phi) is 3.02. The fourth-order valence-electron chi connectivity index (χ4n) is 2.64. The minimum atomic E-state index is 0.357. The number of nitrogen functional groups attached to an aromatic ring is 1. The fourth-order valence-corrected chi connectivity index (χ4v) is 2.64. The summed E-state index contributed by atoms with van der Waals surface area (Å²) in [5, 5.41) is 7.66. The Bertz CT molecular complexity index is 582. The maximum absolute atomic E-state index is 6.00. The Morgan fingerprint density at radius 3 is 2.79 bits per heavy atom. The van der Waals surface area contributed by atoms with Gasteiger partial charge in [0.1, 0.15) is 11.6 Å². The average molecular weight is 260 g/mol. The Balaban J connectivity index is 1.83. The number of nitrogens with zero attached hydrogens (tertiary/aromatic N) is 3. The summed E-state index contributed by atoms with van der Waals surface area (Å²) < 4.78 is 1.66. The van der Waals surface area contributed by atoms with Gasteiger partial charge in [-0.1, -0.05) is 0 Å². The predicted molar refractivity (Wildman–Crippen MR) is 76.0 cm³/mol. The predicted octanol–water partition coefficient (Wildman–Crippen LogP) is 1.30. The van der Waals surface area contributed by atoms with Crippen molar-refractivity contribution in [3.05, 3.63) is 17.8 Å². The molecule has 2 aromatic heterocycles. The van der Waals surface area contributed by atoms with Gasteiger partial charge in [-0.25, -0.2) is 4.98 Å². The van der Waals surface area contributed by atoms with Crippen molar-refractivity contribution in [2.75, 3.05) is 11.1 Å². The van der Waals surface area contributed by atoms with E-state index in [0.717, 1.165) is 42.7 Å². The van der Waals surface area contributed by atoms with Gasteiger partial charge in [-0.2, -0.15) is 9.61 Å². The first-order chi connectivity index (χ1) is 9.13. The van der Waals surface area contributed by atoms with E-state index in [9.17, 15) is 0 Å². The molecule has 0 radical (unpaired) electrons. The van der Waals surface area contributed by atoms with Crippen LogP contribution in [0, 0.1) is 6.92 Å². The average Bonchev–Trinajstić information content (AvgIpc) is 2.75. The standard InChI is InChI=1S/C13H20N6/c1-8-7-16-19-11(15)6-12(18-13(8)19)17-10-4-2-9(14)3-5-10/h6-7,9-10H,2-5,14-15H2,1H3,(H,17,18). The monoisotopic (exact) mass is 260 g/mol. The molecule has 2 aromatic rings. The molecular formula is C13H20N6. The molecule has 6 heteroatoms. The van der Waals surface area contributed by atoms with Crippen LogP contribution >= 0.6 is 0 Å². The molecule has 0 saturated heterocycles. The molecule has 0 spiro atoms. The van der Waals surface area contributed by atoms with E-state index in [-0.39, 0.29) is 0 Å². The normalized spacial score (nSPS) is 23.7. The van der Waals surface area contributed by atoms with Gasteiger partial charge >= 0.3 is 0 Å². The molecule has 0 bridgehead atoms. The van der Waals surface area contributed by atoms with Crippen LogP contribution in [0.1, 0.15) is 31.2 Å². The molecule has 0 aliphatic heterocycles. The molecule has 0 atom stereocenters. The Labute approximate surface area is 112 Å². The molecule has 2 heterocycles. The number of nitrogens with one attached hydrogen (secondary N) is 1. The van der Waals surface area contributed by atoms with Gasteiger partial charge in [0.05, 0.1) is 6.20 Å². The highest BCUT2D eigenvalue weighted by molar-refractivity contribution is 5.58. The third-order valence-electron chi connectivity index (χ3n) is 3.80. The molecule has 0 aromatic carbocycles. The van der Waals surface area contributed by atoms with E-state index < -0.39 is 0 Å². The molecule has 102 valence electrons. The summed E-state index contributed by atoms with van der Waals surface area (Å²) in [6.07, 6.45) is 6.10. The number of hydrogen-bond donors (Lipinski definition) is 3. The molecule has 0 amide bonds. The molecular weight excluding hydrogens is 240 g/mol. The zero-order chi connectivity index (χ0) is 13.4. The summed E-state index contributed by atoms with van der Waals surface area (Å²) in [5.74, 6) is 1.43. The molecule has 5 N–H and O–H groups in total. The number of aromatic nitrogens is 3. The van der Waals surface area contributed by atoms with Gasteiger partial charge in [0.2, 0.25) is 0 Å². The van der Waals surface area contributed by atoms with Gasteiger partial charge < -0.3 is 16.8 Å². The van der Waals surface area contributed by atoms with Crippen molar-refractivity contribution in [2.24, 2.45) is 5.73 Å². The molecule has 19 heavy (non-hydrogen) atoms. The van der Waals surface area contributed by atoms with Crippen molar-refractivity contribution in [3.8, 4) is 0 Å². The van der Waals surface area contributed by atoms with E-state index in [1.54, 1.807) is 10.7 Å². The fraction of sp³-hybridized carbons (Fsp3) is 0.538. The van der Waals surface area contributed by atoms with Gasteiger partial charge in [0.15, 0.2) is 5.65 Å². The molecule has 6 nitrogen and oxygen atoms in total. The van der Waals surface area contributed by atoms with Crippen LogP contribution in [0.15, 0.2) is 12.3 Å². The van der Waals surface area contributed by atoms with Crippen molar-refractivity contribution >= 4 is 17.3 Å². The summed E-state index contributed by atoms with van der Waals surface area (Å²) in [6.45, 7) is 1.98. The van der Waals surface area contributed by atoms with Crippen LogP contribution in [0.25, 0.3) is 5.65 Å². The minimum Gasteiger partial charge on any atom is -0.383 e. The number of hydrogen-bond acceptors (Lipinski definition) is 5. The van der Waals surface area contributed by atoms with Crippen LogP contribution in [-0.2, 0) is 0 Å². The maximum atomic E-state index is 6.00. The highest BCUT2D eigenvalue weighted by atomic mass is 15.3. The zero-order valence-electron chi connectivity index (χ0n) is 11.1. The Morgan fingerprint density at radius 2 is 2.05 bits per heavy atom. The number of fused-ring (bicyclic) bond motifs is 1. The van der Waals surface area contributed by atoms with Crippen LogP contribution in [0.3, 0.4) is 0 Å². The van der Waals surface area contributed by atoms with Crippen molar-refractivity contribution in [1.82, 2.24) is 14.6 Å². The SMILES string of the molecule is Cc1cnn2c(N)cc(NC3CCC(N)CC3)nc12. The van der Waals surface area contributed by atoms with Crippen LogP contribution in [0.5, 0.6) is 0 Å². The summed E-state index contributed by atoms with van der Waals surface area (Å²) in [4.78, 5) is 4.59. The maximum Gasteiger partial charge on any atom is 0.162 e. The van der Waals surface area contributed by atoms with E-state index in [4.69, 9.17) is 11.5 Å². The number of aryl methyl sites for hydroxylation is 1. The van der Waals surface area contributed by atoms with Gasteiger partial charge in [0.25, 0.3) is 0 Å². The number of anilines is 2. The second-order valence-corrected chi connectivity index (χ2v) is 5.39. The first-order valence-corrected chi connectivity index (χ1v) is 6.76. The number of rotatable bonds is 2. The van der Waals surface area contributed by atoms with Gasteiger partial charge in [-0.05, 0) is 32.6 Å². The summed E-state index contributed by atoms with van der Waals surface area (Å²) >= 11 is 0. The quantitative estimate of drug-likeness (QED) is 0.756. The van der Waals surface area contributed by atoms with E-state index in [1.807, 2.05) is 13.0 Å². The third kappa shape index (κ3) is 2.35. The van der Waals surface area contributed by atoms with Crippen molar-refractivity contribution in [3.63, 3.8) is 0 Å². The van der Waals surface area contributed by atoms with Crippen LogP contribution in [0.4, 0.5) is 11.6 Å². The molecule has 1 aliphatic carbocycles. The lowest BCUT2D eigenvalue weighted by Gasteiger charge is -2.27. The largest absolute Gasteiger partial charge is 0.383 e. The van der Waals surface area contributed by atoms with E-state index in [2.05, 4.69) is 15.4 Å². The Morgan fingerprint density at radius 1 is 1.32 bits per heavy atom. The smallest absolute Gasteiger partial charge is 0.162 e. The lowest BCUT2D eigenvalue weighted by Crippen LogP contribution is -2.33. The number of nitrogens with two attached hydrogens (primary N) is 2. The van der Waals surface area contributed by atoms with Crippen molar-refractivity contribution in [1.29, 1.82) is 0 Å². The first kappa shape index (κ1) is 12.2. The van der Waals surface area contributed by atoms with E-state index >= 15 is 0 Å². The summed E-state index contributed by atoms with van der Waals surface area (Å²) in [6, 6.07) is 2.64. The van der Waals surface area contributed by atoms with Crippen molar-refractivity contribution in [2.45, 2.75) is 44.7 Å². The minimum absolute atomic E-state index is 0.357. The van der Waals surface area contributed by atoms with Crippen LogP contribution < -0.4 is 16.8 Å². The van der Waals surface area contributed by atoms with Crippen molar-refractivity contribution < 1.29 is 0 Å². The highest BCUT2D eigenvalue weighted by Crippen LogP contribution is 2.22. The molecule has 1 aliphatic rings. The third-order valence-corrected chi connectivity index (χ3v) is 3.80. The molecule has 0 unspecified atom stereocenters. The van der Waals surface area contributed by atoms with Crippen LogP contribution in [0.2, 0.25) is 0 Å². The van der Waals surface area contributed by atoms with Gasteiger partial charge in [-0.3, -0.25) is 0 Å². The van der Waals surface area contributed by atoms with Gasteiger partial charge in [-0.15, -0.1) is 0 Å². The topological polar surface area (TPSA) is 94.3 Å². The molecule has 3 rings (SSSR count). The van der Waals surface area contributed by atoms with Gasteiger partial charge in [0, 0.05) is 23.7 Å². The summed E-state index contributed by atoms with van der Waals surface area (Å²) in [7, 11) is 0. The van der Waals surface area contributed by atoms with E-state index in [0.29, 0.717) is 17.9 Å². The molecule has 1 fully saturated rings. The highest BCUT2D eigenvalue weighted by Gasteiger charge is 2.19. The Hall–Kier alpha value is -1.82. The second-order valence-electron chi connectivity index (χ2n) is 5.39. The van der Waals surface area contributed by atoms with E-state index in [1.165, 1.54) is 0 Å². The lowest BCUT2D eigenvalue weighted by molar-refractivity contribution is 0.410. The summed E-state index contributed by atoms with van der Waals surface area (Å²) in [5.41, 5.74) is 13.8. The zero-order valence-corrected chi connectivity index (χ0v) is 11.1. The van der Waals surface area contributed by atoms with Crippen LogP contribution in [-0.4, -0.2) is 26.7 Å². The lowest BCUT2D eigenvalue weighted by atomic mass is 9.92.